The molecule has 1 amide bonds. The summed E-state index contributed by atoms with van der Waals surface area (Å²) in [4.78, 5) is 11.5. The molecule has 4 heteroatoms. The van der Waals surface area contributed by atoms with Crippen molar-refractivity contribution in [3.8, 4) is 0 Å². The Hall–Kier alpha value is -1.29. The second-order valence-corrected chi connectivity index (χ2v) is 5.34. The quantitative estimate of drug-likeness (QED) is 0.814. The second kappa shape index (κ2) is 6.59. The Morgan fingerprint density at radius 3 is 2.61 bits per heavy atom. The van der Waals surface area contributed by atoms with Gasteiger partial charge in [-0.2, -0.15) is 0 Å². The van der Waals surface area contributed by atoms with Gasteiger partial charge in [-0.1, -0.05) is 13.8 Å². The Balaban J connectivity index is 2.47. The summed E-state index contributed by atoms with van der Waals surface area (Å²) in [5, 5.41) is 12.8. The van der Waals surface area contributed by atoms with Crippen LogP contribution >= 0.6 is 0 Å². The topological polar surface area (TPSA) is 54.3 Å². The van der Waals surface area contributed by atoms with Gasteiger partial charge in [0, 0.05) is 31.4 Å². The molecule has 0 aliphatic carbocycles. The maximum Gasteiger partial charge on any atom is 0.221 e. The lowest BCUT2D eigenvalue weighted by Crippen LogP contribution is -2.30. The van der Waals surface area contributed by atoms with Gasteiger partial charge in [0.2, 0.25) is 5.91 Å². The van der Waals surface area contributed by atoms with Gasteiger partial charge in [0.25, 0.3) is 0 Å². The third kappa shape index (κ3) is 4.53. The van der Waals surface area contributed by atoms with Gasteiger partial charge < -0.3 is 15.0 Å². The molecule has 1 rings (SSSR count). The van der Waals surface area contributed by atoms with Crippen molar-refractivity contribution in [3.63, 3.8) is 0 Å². The van der Waals surface area contributed by atoms with E-state index in [0.717, 1.165) is 5.56 Å². The van der Waals surface area contributed by atoms with Crippen molar-refractivity contribution >= 4 is 5.91 Å². The molecule has 0 bridgehead atoms. The Morgan fingerprint density at radius 1 is 1.39 bits per heavy atom. The first-order valence-electron chi connectivity index (χ1n) is 6.53. The van der Waals surface area contributed by atoms with E-state index in [1.807, 2.05) is 50.7 Å². The number of hydrogen-bond donors (Lipinski definition) is 2. The number of nitrogens with one attached hydrogen (secondary N) is 1. The largest absolute Gasteiger partial charge is 0.388 e. The van der Waals surface area contributed by atoms with E-state index in [1.54, 1.807) is 0 Å². The van der Waals surface area contributed by atoms with Crippen LogP contribution in [0.2, 0.25) is 0 Å². The van der Waals surface area contributed by atoms with Crippen LogP contribution in [0.4, 0.5) is 0 Å². The van der Waals surface area contributed by atoms with E-state index in [0.29, 0.717) is 13.0 Å². The number of carbonyl (C=O) groups excluding carboxylic acids is 1. The summed E-state index contributed by atoms with van der Waals surface area (Å²) in [6.07, 6.45) is 3.84. The molecule has 1 aromatic rings. The van der Waals surface area contributed by atoms with E-state index in [-0.39, 0.29) is 17.9 Å². The highest BCUT2D eigenvalue weighted by atomic mass is 16.3. The molecule has 102 valence electrons. The number of carbonyl (C=O) groups is 1. The summed E-state index contributed by atoms with van der Waals surface area (Å²) in [6.45, 7) is 8.51. The molecule has 1 heterocycles. The van der Waals surface area contributed by atoms with E-state index >= 15 is 0 Å². The zero-order valence-electron chi connectivity index (χ0n) is 11.7. The Labute approximate surface area is 109 Å². The summed E-state index contributed by atoms with van der Waals surface area (Å²) in [5.74, 6) is 0.259. The van der Waals surface area contributed by atoms with Crippen molar-refractivity contribution in [1.82, 2.24) is 9.88 Å². The standard InChI is InChI=1S/C14H24N2O2/c1-10(2)14(18)12-5-7-16(9-12)8-6-13(17)15-11(3)4/h5,7,9-11,14,18H,6,8H2,1-4H3,(H,15,17). The smallest absolute Gasteiger partial charge is 0.221 e. The Morgan fingerprint density at radius 2 is 2.06 bits per heavy atom. The van der Waals surface area contributed by atoms with Gasteiger partial charge in [-0.25, -0.2) is 0 Å². The first-order valence-corrected chi connectivity index (χ1v) is 6.53. The molecule has 0 fully saturated rings. The highest BCUT2D eigenvalue weighted by Crippen LogP contribution is 2.21. The van der Waals surface area contributed by atoms with Crippen molar-refractivity contribution in [3.05, 3.63) is 24.0 Å². The molecule has 0 saturated carbocycles. The van der Waals surface area contributed by atoms with Crippen molar-refractivity contribution in [2.75, 3.05) is 0 Å². The van der Waals surface area contributed by atoms with Gasteiger partial charge in [0.15, 0.2) is 0 Å². The van der Waals surface area contributed by atoms with E-state index in [2.05, 4.69) is 5.32 Å². The SMILES string of the molecule is CC(C)NC(=O)CCn1ccc(C(O)C(C)C)c1. The van der Waals surface area contributed by atoms with Crippen LogP contribution in [0.5, 0.6) is 0 Å². The van der Waals surface area contributed by atoms with Gasteiger partial charge in [-0.3, -0.25) is 4.79 Å². The summed E-state index contributed by atoms with van der Waals surface area (Å²) < 4.78 is 1.95. The Kier molecular flexibility index (Phi) is 5.41. The zero-order chi connectivity index (χ0) is 13.7. The fourth-order valence-electron chi connectivity index (χ4n) is 1.78. The van der Waals surface area contributed by atoms with Crippen LogP contribution in [-0.2, 0) is 11.3 Å². The molecule has 0 aliphatic heterocycles. The van der Waals surface area contributed by atoms with Crippen LogP contribution in [0.3, 0.4) is 0 Å². The minimum atomic E-state index is -0.434. The lowest BCUT2D eigenvalue weighted by Gasteiger charge is -2.12. The van der Waals surface area contributed by atoms with Crippen LogP contribution < -0.4 is 5.32 Å². The normalized spacial score (nSPS) is 13.1. The number of amides is 1. The monoisotopic (exact) mass is 252 g/mol. The number of aliphatic hydroxyl groups is 1. The van der Waals surface area contributed by atoms with Gasteiger partial charge in [0.05, 0.1) is 6.10 Å². The molecule has 18 heavy (non-hydrogen) atoms. The molecule has 4 nitrogen and oxygen atoms in total. The second-order valence-electron chi connectivity index (χ2n) is 5.34. The predicted molar refractivity (Wildman–Crippen MR) is 72.1 cm³/mol. The van der Waals surface area contributed by atoms with Crippen LogP contribution in [0.1, 0.15) is 45.8 Å². The summed E-state index contributed by atoms with van der Waals surface area (Å²) in [6, 6.07) is 2.09. The van der Waals surface area contributed by atoms with E-state index < -0.39 is 6.10 Å². The molecule has 0 radical (unpaired) electrons. The number of aryl methyl sites for hydroxylation is 1. The third-order valence-electron chi connectivity index (χ3n) is 2.79. The number of nitrogens with zero attached hydrogens (tertiary/aromatic N) is 1. The number of aromatic nitrogens is 1. The van der Waals surface area contributed by atoms with E-state index in [4.69, 9.17) is 0 Å². The van der Waals surface area contributed by atoms with Crippen molar-refractivity contribution < 1.29 is 9.90 Å². The van der Waals surface area contributed by atoms with Crippen molar-refractivity contribution in [2.24, 2.45) is 5.92 Å². The number of aliphatic hydroxyl groups excluding tert-OH is 1. The molecular formula is C14H24N2O2. The summed E-state index contributed by atoms with van der Waals surface area (Å²) >= 11 is 0. The number of rotatable bonds is 6. The van der Waals surface area contributed by atoms with Crippen molar-refractivity contribution in [1.29, 1.82) is 0 Å². The van der Waals surface area contributed by atoms with Gasteiger partial charge in [-0.05, 0) is 31.4 Å². The highest BCUT2D eigenvalue weighted by Gasteiger charge is 2.13. The first-order chi connectivity index (χ1) is 8.40. The summed E-state index contributed by atoms with van der Waals surface area (Å²) in [5.41, 5.74) is 0.911. The molecule has 0 aliphatic rings. The molecular weight excluding hydrogens is 228 g/mol. The van der Waals surface area contributed by atoms with E-state index in [1.165, 1.54) is 0 Å². The maximum absolute atomic E-state index is 11.5. The fraction of sp³-hybridized carbons (Fsp3) is 0.643. The van der Waals surface area contributed by atoms with Crippen LogP contribution in [-0.4, -0.2) is 21.6 Å². The average Bonchev–Trinajstić information content (AvgIpc) is 2.72. The third-order valence-corrected chi connectivity index (χ3v) is 2.79. The molecule has 0 spiro atoms. The fourth-order valence-corrected chi connectivity index (χ4v) is 1.78. The van der Waals surface area contributed by atoms with E-state index in [9.17, 15) is 9.90 Å². The first kappa shape index (κ1) is 14.8. The number of hydrogen-bond acceptors (Lipinski definition) is 2. The average molecular weight is 252 g/mol. The lowest BCUT2D eigenvalue weighted by molar-refractivity contribution is -0.121. The maximum atomic E-state index is 11.5. The molecule has 1 unspecified atom stereocenters. The van der Waals surface area contributed by atoms with Gasteiger partial charge >= 0.3 is 0 Å². The zero-order valence-corrected chi connectivity index (χ0v) is 11.7. The molecule has 0 saturated heterocycles. The molecule has 2 N–H and O–H groups in total. The molecule has 0 aromatic carbocycles. The molecule has 1 atom stereocenters. The van der Waals surface area contributed by atoms with Gasteiger partial charge in [0.1, 0.15) is 0 Å². The van der Waals surface area contributed by atoms with Crippen molar-refractivity contribution in [2.45, 2.75) is 52.8 Å². The highest BCUT2D eigenvalue weighted by molar-refractivity contribution is 5.76. The van der Waals surface area contributed by atoms with Crippen LogP contribution in [0.25, 0.3) is 0 Å². The minimum Gasteiger partial charge on any atom is -0.388 e. The Bertz CT molecular complexity index is 383. The summed E-state index contributed by atoms with van der Waals surface area (Å²) in [7, 11) is 0. The molecule has 1 aromatic heterocycles. The predicted octanol–water partition coefficient (Wildman–Crippen LogP) is 2.09. The minimum absolute atomic E-state index is 0.0599. The van der Waals surface area contributed by atoms with Crippen LogP contribution in [0, 0.1) is 5.92 Å². The van der Waals surface area contributed by atoms with Crippen LogP contribution in [0.15, 0.2) is 18.5 Å². The lowest BCUT2D eigenvalue weighted by atomic mass is 10.0. The van der Waals surface area contributed by atoms with Gasteiger partial charge in [-0.15, -0.1) is 0 Å².